The minimum Gasteiger partial charge on any atom is -0.495 e. The van der Waals surface area contributed by atoms with E-state index in [0.717, 1.165) is 37.1 Å². The average Bonchev–Trinajstić information content (AvgIpc) is 3.47. The molecular formula is C23H31N3O5. The van der Waals surface area contributed by atoms with E-state index in [1.165, 1.54) is 0 Å². The number of nitrogens with zero attached hydrogens (tertiary/aromatic N) is 3. The third-order valence-electron chi connectivity index (χ3n) is 6.65. The van der Waals surface area contributed by atoms with Gasteiger partial charge in [-0.05, 0) is 25.0 Å². The van der Waals surface area contributed by atoms with Crippen molar-refractivity contribution in [2.75, 3.05) is 51.3 Å². The van der Waals surface area contributed by atoms with Crippen molar-refractivity contribution in [3.63, 3.8) is 0 Å². The van der Waals surface area contributed by atoms with E-state index in [1.807, 2.05) is 29.2 Å². The first kappa shape index (κ1) is 21.5. The Hall–Kier alpha value is -2.77. The Morgan fingerprint density at radius 2 is 1.77 bits per heavy atom. The van der Waals surface area contributed by atoms with E-state index in [1.54, 1.807) is 12.0 Å². The van der Waals surface area contributed by atoms with Crippen molar-refractivity contribution in [2.45, 2.75) is 38.1 Å². The summed E-state index contributed by atoms with van der Waals surface area (Å²) in [6, 6.07) is 8.10. The van der Waals surface area contributed by atoms with Crippen LogP contribution in [-0.4, -0.2) is 80.1 Å². The van der Waals surface area contributed by atoms with Gasteiger partial charge in [-0.3, -0.25) is 14.4 Å². The van der Waals surface area contributed by atoms with E-state index in [-0.39, 0.29) is 30.9 Å². The Labute approximate surface area is 183 Å². The number of esters is 1. The van der Waals surface area contributed by atoms with Crippen molar-refractivity contribution in [3.8, 4) is 5.75 Å². The zero-order valence-corrected chi connectivity index (χ0v) is 18.1. The number of carbonyl (C=O) groups excluding carboxylic acids is 3. The molecule has 0 aromatic heterocycles. The number of amides is 2. The lowest BCUT2D eigenvalue weighted by molar-refractivity contribution is -0.155. The minimum absolute atomic E-state index is 0.0349. The molecule has 1 saturated carbocycles. The molecule has 3 fully saturated rings. The maximum absolute atomic E-state index is 12.5. The second kappa shape index (κ2) is 9.58. The van der Waals surface area contributed by atoms with Gasteiger partial charge in [0.05, 0.1) is 18.7 Å². The molecule has 1 aromatic carbocycles. The summed E-state index contributed by atoms with van der Waals surface area (Å²) in [7, 11) is 1.65. The Morgan fingerprint density at radius 3 is 2.48 bits per heavy atom. The molecule has 2 amide bonds. The summed E-state index contributed by atoms with van der Waals surface area (Å²) in [4.78, 5) is 43.0. The molecule has 2 saturated heterocycles. The highest BCUT2D eigenvalue weighted by Crippen LogP contribution is 2.30. The van der Waals surface area contributed by atoms with Crippen LogP contribution >= 0.6 is 0 Å². The normalized spacial score (nSPS) is 22.2. The molecule has 168 valence electrons. The Kier molecular flexibility index (Phi) is 6.63. The molecule has 3 aliphatic rings. The Morgan fingerprint density at radius 1 is 1.06 bits per heavy atom. The summed E-state index contributed by atoms with van der Waals surface area (Å²) >= 11 is 0. The summed E-state index contributed by atoms with van der Waals surface area (Å²) in [5, 5.41) is 0. The number of benzene rings is 1. The van der Waals surface area contributed by atoms with Gasteiger partial charge in [0, 0.05) is 45.2 Å². The highest BCUT2D eigenvalue weighted by atomic mass is 16.5. The van der Waals surface area contributed by atoms with Crippen LogP contribution in [0.3, 0.4) is 0 Å². The van der Waals surface area contributed by atoms with Crippen LogP contribution in [0.5, 0.6) is 5.75 Å². The van der Waals surface area contributed by atoms with Crippen molar-refractivity contribution in [3.05, 3.63) is 24.3 Å². The predicted octanol–water partition coefficient (Wildman–Crippen LogP) is 1.68. The van der Waals surface area contributed by atoms with Crippen LogP contribution in [0.15, 0.2) is 24.3 Å². The van der Waals surface area contributed by atoms with Gasteiger partial charge in [0.2, 0.25) is 5.91 Å². The van der Waals surface area contributed by atoms with Crippen LogP contribution in [0, 0.1) is 5.92 Å². The molecule has 4 rings (SSSR count). The number of likely N-dealkylation sites (tertiary alicyclic amines) is 1. The first-order chi connectivity index (χ1) is 15.1. The van der Waals surface area contributed by atoms with Gasteiger partial charge in [0.25, 0.3) is 5.91 Å². The summed E-state index contributed by atoms with van der Waals surface area (Å²) in [6.45, 7) is 2.66. The molecule has 2 heterocycles. The maximum Gasteiger partial charge on any atom is 0.311 e. The highest BCUT2D eigenvalue weighted by Gasteiger charge is 2.39. The molecule has 0 N–H and O–H groups in total. The summed E-state index contributed by atoms with van der Waals surface area (Å²) < 4.78 is 10.7. The number of carbonyl (C=O) groups is 3. The van der Waals surface area contributed by atoms with Gasteiger partial charge in [-0.25, -0.2) is 0 Å². The van der Waals surface area contributed by atoms with E-state index in [2.05, 4.69) is 4.90 Å². The van der Waals surface area contributed by atoms with Gasteiger partial charge in [-0.2, -0.15) is 0 Å². The predicted molar refractivity (Wildman–Crippen MR) is 115 cm³/mol. The lowest BCUT2D eigenvalue weighted by Crippen LogP contribution is -2.50. The molecule has 0 unspecified atom stereocenters. The molecule has 2 aliphatic heterocycles. The Bertz CT molecular complexity index is 815. The molecule has 0 bridgehead atoms. The molecule has 1 aromatic rings. The fourth-order valence-corrected chi connectivity index (χ4v) is 4.89. The van der Waals surface area contributed by atoms with Gasteiger partial charge in [-0.15, -0.1) is 0 Å². The molecule has 31 heavy (non-hydrogen) atoms. The molecule has 8 heteroatoms. The number of piperazine rings is 1. The van der Waals surface area contributed by atoms with Crippen molar-refractivity contribution < 1.29 is 23.9 Å². The quantitative estimate of drug-likeness (QED) is 0.640. The highest BCUT2D eigenvalue weighted by molar-refractivity contribution is 5.88. The molecule has 1 aliphatic carbocycles. The fourth-order valence-electron chi connectivity index (χ4n) is 4.89. The van der Waals surface area contributed by atoms with Crippen LogP contribution in [0.2, 0.25) is 0 Å². The third kappa shape index (κ3) is 4.78. The maximum atomic E-state index is 12.5. The first-order valence-electron chi connectivity index (χ1n) is 11.2. The van der Waals surface area contributed by atoms with Crippen LogP contribution in [0.1, 0.15) is 32.1 Å². The van der Waals surface area contributed by atoms with E-state index < -0.39 is 11.9 Å². The van der Waals surface area contributed by atoms with Crippen LogP contribution in [0.25, 0.3) is 0 Å². The average molecular weight is 430 g/mol. The van der Waals surface area contributed by atoms with E-state index in [9.17, 15) is 14.4 Å². The summed E-state index contributed by atoms with van der Waals surface area (Å²) in [5.41, 5.74) is 1.02. The molecular weight excluding hydrogens is 398 g/mol. The first-order valence-corrected chi connectivity index (χ1v) is 11.2. The third-order valence-corrected chi connectivity index (χ3v) is 6.65. The summed E-state index contributed by atoms with van der Waals surface area (Å²) in [6.07, 6.45) is 4.52. The topological polar surface area (TPSA) is 79.4 Å². The van der Waals surface area contributed by atoms with Crippen molar-refractivity contribution in [2.24, 2.45) is 5.92 Å². The lowest BCUT2D eigenvalue weighted by atomic mass is 10.1. The number of methoxy groups -OCH3 is 1. The number of para-hydroxylation sites is 2. The van der Waals surface area contributed by atoms with Gasteiger partial charge in [0.1, 0.15) is 5.75 Å². The smallest absolute Gasteiger partial charge is 0.311 e. The second-order valence-corrected chi connectivity index (χ2v) is 8.53. The minimum atomic E-state index is -0.455. The summed E-state index contributed by atoms with van der Waals surface area (Å²) in [5.74, 6) is -0.232. The Balaban J connectivity index is 1.22. The molecule has 8 nitrogen and oxygen atoms in total. The largest absolute Gasteiger partial charge is 0.495 e. The number of hydrogen-bond acceptors (Lipinski definition) is 6. The number of anilines is 1. The fraction of sp³-hybridized carbons (Fsp3) is 0.609. The van der Waals surface area contributed by atoms with Crippen LogP contribution in [0.4, 0.5) is 5.69 Å². The number of hydrogen-bond donors (Lipinski definition) is 0. The van der Waals surface area contributed by atoms with Crippen LogP contribution < -0.4 is 9.64 Å². The number of rotatable bonds is 6. The number of ether oxygens (including phenoxy) is 2. The van der Waals surface area contributed by atoms with Crippen molar-refractivity contribution >= 4 is 23.5 Å². The lowest BCUT2D eigenvalue weighted by Gasteiger charge is -2.36. The monoisotopic (exact) mass is 429 g/mol. The van der Waals surface area contributed by atoms with Gasteiger partial charge in [0.15, 0.2) is 6.61 Å². The standard InChI is InChI=1S/C23H31N3O5/c1-30-20-9-5-4-8-19(20)24-10-12-25(13-11-24)22(28)16-31-23(29)17-14-21(27)26(15-17)18-6-2-3-7-18/h4-5,8-9,17-18H,2-3,6-7,10-16H2,1H3/t17-/m0/s1. The second-order valence-electron chi connectivity index (χ2n) is 8.53. The van der Waals surface area contributed by atoms with Gasteiger partial charge >= 0.3 is 5.97 Å². The van der Waals surface area contributed by atoms with E-state index >= 15 is 0 Å². The van der Waals surface area contributed by atoms with Crippen LogP contribution in [-0.2, 0) is 19.1 Å². The zero-order chi connectivity index (χ0) is 21.8. The molecule has 0 radical (unpaired) electrons. The van der Waals surface area contributed by atoms with Crippen molar-refractivity contribution in [1.82, 2.24) is 9.80 Å². The zero-order valence-electron chi connectivity index (χ0n) is 18.1. The van der Waals surface area contributed by atoms with E-state index in [4.69, 9.17) is 9.47 Å². The van der Waals surface area contributed by atoms with Gasteiger partial charge < -0.3 is 24.2 Å². The molecule has 0 spiro atoms. The van der Waals surface area contributed by atoms with Gasteiger partial charge in [-0.1, -0.05) is 25.0 Å². The SMILES string of the molecule is COc1ccccc1N1CCN(C(=O)COC(=O)[C@H]2CC(=O)N(C3CCCC3)C2)CC1. The van der Waals surface area contributed by atoms with Crippen molar-refractivity contribution in [1.29, 1.82) is 0 Å². The molecule has 1 atom stereocenters. The van der Waals surface area contributed by atoms with E-state index in [0.29, 0.717) is 32.7 Å².